The zero-order valence-corrected chi connectivity index (χ0v) is 22.2. The Labute approximate surface area is 222 Å². The molecule has 10 nitrogen and oxygen atoms in total. The first-order valence-electron chi connectivity index (χ1n) is 12.9. The zero-order chi connectivity index (χ0) is 26.6. The highest BCUT2D eigenvalue weighted by atomic mass is 35.5. The van der Waals surface area contributed by atoms with Crippen molar-refractivity contribution in [1.29, 1.82) is 5.41 Å². The van der Waals surface area contributed by atoms with Crippen LogP contribution in [-0.2, 0) is 4.74 Å². The van der Waals surface area contributed by atoms with Crippen LogP contribution < -0.4 is 16.0 Å². The van der Waals surface area contributed by atoms with Gasteiger partial charge in [-0.25, -0.2) is 14.8 Å². The Balaban J connectivity index is 1.82. The third kappa shape index (κ3) is 6.48. The lowest BCUT2D eigenvalue weighted by Gasteiger charge is -2.39. The summed E-state index contributed by atoms with van der Waals surface area (Å²) >= 11 is 6.29. The number of anilines is 2. The molecular formula is C26H36ClN7O3. The number of ether oxygens (including phenoxy) is 1. The van der Waals surface area contributed by atoms with Gasteiger partial charge in [0.15, 0.2) is 17.5 Å². The van der Waals surface area contributed by atoms with E-state index in [-0.39, 0.29) is 17.2 Å². The molecule has 0 bridgehead atoms. The van der Waals surface area contributed by atoms with Crippen LogP contribution in [0.3, 0.4) is 0 Å². The molecule has 2 aromatic heterocycles. The minimum Gasteiger partial charge on any atom is -0.465 e. The lowest BCUT2D eigenvalue weighted by molar-refractivity contribution is 0.00162. The second-order valence-corrected chi connectivity index (χ2v) is 10.9. The summed E-state index contributed by atoms with van der Waals surface area (Å²) < 4.78 is 6.10. The van der Waals surface area contributed by atoms with Gasteiger partial charge in [0.2, 0.25) is 0 Å². The summed E-state index contributed by atoms with van der Waals surface area (Å²) in [7, 11) is 1.77. The first-order valence-corrected chi connectivity index (χ1v) is 13.2. The zero-order valence-electron chi connectivity index (χ0n) is 21.5. The molecule has 2 heterocycles. The van der Waals surface area contributed by atoms with Crippen LogP contribution in [0.1, 0.15) is 64.1 Å². The van der Waals surface area contributed by atoms with Crippen LogP contribution >= 0.6 is 11.6 Å². The van der Waals surface area contributed by atoms with Crippen LogP contribution in [0.4, 0.5) is 16.3 Å². The molecule has 0 unspecified atom stereocenters. The van der Waals surface area contributed by atoms with E-state index in [9.17, 15) is 4.79 Å². The van der Waals surface area contributed by atoms with Crippen LogP contribution in [0, 0.1) is 17.2 Å². The molecule has 0 spiro atoms. The number of nitrogens with zero attached hydrogens (tertiary/aromatic N) is 4. The lowest BCUT2D eigenvalue weighted by Crippen LogP contribution is -2.45. The standard InChI is InChI=1S/C26H36ClN7O3/c1-16-5-7-17(8-6-16)14-34(15-26(37-2)9-3-4-10-26)21-20(18-11-19(27)13-30-12-18)31-24(32-22(21)28)23(29)33-25(35)36/h11-13,16-17H,3-10,14-15H2,1-2H3,(H2,29,33)(H,35,36)(H2,28,31,32)/t16-,17-. The Morgan fingerprint density at radius 3 is 2.59 bits per heavy atom. The largest absolute Gasteiger partial charge is 0.465 e. The van der Waals surface area contributed by atoms with Gasteiger partial charge < -0.3 is 20.5 Å². The van der Waals surface area contributed by atoms with E-state index in [1.807, 2.05) is 5.32 Å². The van der Waals surface area contributed by atoms with Crippen molar-refractivity contribution in [2.75, 3.05) is 30.8 Å². The number of amidine groups is 1. The summed E-state index contributed by atoms with van der Waals surface area (Å²) in [5, 5.41) is 19.7. The van der Waals surface area contributed by atoms with E-state index in [0.29, 0.717) is 34.4 Å². The summed E-state index contributed by atoms with van der Waals surface area (Å²) in [6, 6.07) is 1.74. The first-order chi connectivity index (χ1) is 17.7. The second-order valence-electron chi connectivity index (χ2n) is 10.4. The minimum absolute atomic E-state index is 0.118. The molecule has 37 heavy (non-hydrogen) atoms. The Morgan fingerprint density at radius 1 is 1.27 bits per heavy atom. The monoisotopic (exact) mass is 529 g/mol. The maximum absolute atomic E-state index is 11.2. The van der Waals surface area contributed by atoms with E-state index in [1.54, 1.807) is 19.4 Å². The van der Waals surface area contributed by atoms with Crippen molar-refractivity contribution in [2.45, 2.75) is 63.9 Å². The summed E-state index contributed by atoms with van der Waals surface area (Å²) in [6.45, 7) is 3.71. The average Bonchev–Trinajstić information content (AvgIpc) is 3.33. The SMILES string of the molecule is COC1(CN(C[C@H]2CC[C@H](C)CC2)c2c(N)nc(C(=N)NC(=O)O)nc2-c2cncc(Cl)c2)CCCC1. The van der Waals surface area contributed by atoms with E-state index in [0.717, 1.165) is 51.0 Å². The highest BCUT2D eigenvalue weighted by molar-refractivity contribution is 6.30. The number of amides is 1. The number of methoxy groups -OCH3 is 1. The maximum atomic E-state index is 11.2. The summed E-state index contributed by atoms with van der Waals surface area (Å²) in [5.41, 5.74) is 8.01. The number of nitrogen functional groups attached to an aromatic ring is 1. The third-order valence-corrected chi connectivity index (χ3v) is 7.91. The molecule has 2 aromatic rings. The summed E-state index contributed by atoms with van der Waals surface area (Å²) in [6.07, 6.45) is 10.6. The molecule has 2 saturated carbocycles. The van der Waals surface area contributed by atoms with E-state index >= 15 is 0 Å². The molecule has 4 rings (SSSR count). The number of carbonyl (C=O) groups is 1. The number of aromatic nitrogens is 3. The van der Waals surface area contributed by atoms with Crippen molar-refractivity contribution in [3.8, 4) is 11.3 Å². The van der Waals surface area contributed by atoms with E-state index in [2.05, 4.69) is 26.8 Å². The van der Waals surface area contributed by atoms with Crippen LogP contribution in [0.2, 0.25) is 5.02 Å². The number of pyridine rings is 1. The number of hydrogen-bond donors (Lipinski definition) is 4. The fourth-order valence-corrected chi connectivity index (χ4v) is 5.83. The predicted octanol–water partition coefficient (Wildman–Crippen LogP) is 4.96. The molecule has 0 aliphatic heterocycles. The van der Waals surface area contributed by atoms with Gasteiger partial charge in [-0.1, -0.05) is 44.2 Å². The average molecular weight is 530 g/mol. The van der Waals surface area contributed by atoms with Gasteiger partial charge in [-0.3, -0.25) is 15.7 Å². The highest BCUT2D eigenvalue weighted by Crippen LogP contribution is 2.40. The van der Waals surface area contributed by atoms with Gasteiger partial charge in [0.25, 0.3) is 0 Å². The van der Waals surface area contributed by atoms with Crippen molar-refractivity contribution < 1.29 is 14.6 Å². The number of carboxylic acid groups (broad SMARTS) is 1. The minimum atomic E-state index is -1.38. The number of rotatable bonds is 8. The van der Waals surface area contributed by atoms with Crippen molar-refractivity contribution >= 4 is 35.0 Å². The van der Waals surface area contributed by atoms with Gasteiger partial charge in [0.05, 0.1) is 10.6 Å². The molecule has 0 atom stereocenters. The summed E-state index contributed by atoms with van der Waals surface area (Å²) in [5.74, 6) is 0.818. The van der Waals surface area contributed by atoms with Crippen LogP contribution in [0.5, 0.6) is 0 Å². The van der Waals surface area contributed by atoms with Crippen molar-refractivity contribution in [2.24, 2.45) is 11.8 Å². The Kier molecular flexibility index (Phi) is 8.49. The van der Waals surface area contributed by atoms with Gasteiger partial charge in [0.1, 0.15) is 11.4 Å². The van der Waals surface area contributed by atoms with E-state index in [4.69, 9.17) is 32.6 Å². The van der Waals surface area contributed by atoms with Gasteiger partial charge >= 0.3 is 6.09 Å². The highest BCUT2D eigenvalue weighted by Gasteiger charge is 2.38. The molecule has 2 aliphatic rings. The molecule has 1 amide bonds. The van der Waals surface area contributed by atoms with Gasteiger partial charge in [-0.05, 0) is 43.6 Å². The van der Waals surface area contributed by atoms with E-state index < -0.39 is 11.9 Å². The second kappa shape index (κ2) is 11.6. The molecule has 0 radical (unpaired) electrons. The number of halogens is 1. The smallest absolute Gasteiger partial charge is 0.410 e. The Bertz CT molecular complexity index is 1130. The quantitative estimate of drug-likeness (QED) is 0.277. The van der Waals surface area contributed by atoms with Crippen molar-refractivity contribution in [1.82, 2.24) is 20.3 Å². The molecular weight excluding hydrogens is 494 g/mol. The normalized spacial score (nSPS) is 20.9. The number of nitrogens with two attached hydrogens (primary N) is 1. The number of hydrogen-bond acceptors (Lipinski definition) is 8. The fraction of sp³-hybridized carbons (Fsp3) is 0.577. The van der Waals surface area contributed by atoms with Crippen LogP contribution in [-0.4, -0.2) is 57.8 Å². The fourth-order valence-electron chi connectivity index (χ4n) is 5.65. The van der Waals surface area contributed by atoms with Gasteiger partial charge in [-0.15, -0.1) is 0 Å². The van der Waals surface area contributed by atoms with Gasteiger partial charge in [-0.2, -0.15) is 0 Å². The summed E-state index contributed by atoms with van der Waals surface area (Å²) in [4.78, 5) is 26.6. The topological polar surface area (TPSA) is 150 Å². The Hall–Kier alpha value is -2.98. The molecule has 11 heteroatoms. The Morgan fingerprint density at radius 2 is 1.97 bits per heavy atom. The molecule has 2 fully saturated rings. The molecule has 5 N–H and O–H groups in total. The van der Waals surface area contributed by atoms with Crippen molar-refractivity contribution in [3.63, 3.8) is 0 Å². The molecule has 2 aliphatic carbocycles. The first kappa shape index (κ1) is 27.1. The molecule has 200 valence electrons. The third-order valence-electron chi connectivity index (χ3n) is 7.70. The predicted molar refractivity (Wildman–Crippen MR) is 144 cm³/mol. The van der Waals surface area contributed by atoms with Crippen molar-refractivity contribution in [3.05, 3.63) is 29.3 Å². The lowest BCUT2D eigenvalue weighted by atomic mass is 9.82. The molecule has 0 aromatic carbocycles. The maximum Gasteiger partial charge on any atom is 0.410 e. The van der Waals surface area contributed by atoms with Crippen LogP contribution in [0.25, 0.3) is 11.3 Å². The van der Waals surface area contributed by atoms with Gasteiger partial charge in [0, 0.05) is 38.2 Å². The van der Waals surface area contributed by atoms with Crippen LogP contribution in [0.15, 0.2) is 18.5 Å². The molecule has 0 saturated heterocycles. The van der Waals surface area contributed by atoms with E-state index in [1.165, 1.54) is 19.0 Å². The number of nitrogens with one attached hydrogen (secondary N) is 2.